The Bertz CT molecular complexity index is 1610. The molecular formula is C32H32ClF6N7O. The van der Waals surface area contributed by atoms with E-state index in [4.69, 9.17) is 11.6 Å². The first-order valence-electron chi connectivity index (χ1n) is 14.9. The van der Waals surface area contributed by atoms with E-state index in [0.29, 0.717) is 42.4 Å². The fraction of sp³-hybridized carbons (Fsp3) is 0.375. The quantitative estimate of drug-likeness (QED) is 0.192. The molecule has 1 atom stereocenters. The predicted octanol–water partition coefficient (Wildman–Crippen LogP) is 6.55. The molecule has 15 heteroatoms. The van der Waals surface area contributed by atoms with Crippen LogP contribution in [0.25, 0.3) is 0 Å². The van der Waals surface area contributed by atoms with Gasteiger partial charge >= 0.3 is 12.4 Å². The van der Waals surface area contributed by atoms with Crippen LogP contribution in [0.1, 0.15) is 50.8 Å². The number of rotatable bonds is 10. The minimum absolute atomic E-state index is 0.0136. The minimum Gasteiger partial charge on any atom is -0.369 e. The summed E-state index contributed by atoms with van der Waals surface area (Å²) in [5.74, 6) is -0.529. The largest absolute Gasteiger partial charge is 0.416 e. The number of H-pyrrole nitrogens is 1. The second-order valence-corrected chi connectivity index (χ2v) is 11.9. The number of nitrogens with zero attached hydrogens (tertiary/aromatic N) is 6. The number of tetrazole rings is 1. The van der Waals surface area contributed by atoms with Crippen molar-refractivity contribution in [2.75, 3.05) is 51.2 Å². The Kier molecular flexibility index (Phi) is 10.4. The first kappa shape index (κ1) is 34.2. The molecule has 0 saturated carbocycles. The topological polar surface area (TPSA) is 81.2 Å². The second kappa shape index (κ2) is 14.3. The number of para-hydroxylation sites is 1. The summed E-state index contributed by atoms with van der Waals surface area (Å²) in [6, 6.07) is 16.1. The Morgan fingerprint density at radius 2 is 1.57 bits per heavy atom. The van der Waals surface area contributed by atoms with Crippen molar-refractivity contribution >= 4 is 23.2 Å². The number of piperazine rings is 1. The third-order valence-electron chi connectivity index (χ3n) is 8.26. The molecule has 1 aliphatic rings. The maximum atomic E-state index is 13.4. The summed E-state index contributed by atoms with van der Waals surface area (Å²) in [4.78, 5) is 19.1. The highest BCUT2D eigenvalue weighted by Crippen LogP contribution is 2.37. The van der Waals surface area contributed by atoms with Crippen LogP contribution in [0.2, 0.25) is 5.02 Å². The molecule has 1 N–H and O–H groups in total. The summed E-state index contributed by atoms with van der Waals surface area (Å²) in [7, 11) is 1.38. The van der Waals surface area contributed by atoms with Gasteiger partial charge in [0.05, 0.1) is 11.1 Å². The standard InChI is InChI=1S/C32H32ClF6N7O/c1-44(30(47)24-16-25(31(34,35)36)19-26(17-24)32(37,38)39)20-23(21-6-8-27(33)9-7-21)10-11-45-12-14-46(15-13-45)28-5-3-2-4-22(28)18-29-40-42-43-41-29/h2-9,16-17,19,23H,10-15,18,20H2,1H3,(H,40,41,42,43)/t23-/m1/s1. The van der Waals surface area contributed by atoms with Crippen LogP contribution in [0.5, 0.6) is 0 Å². The van der Waals surface area contributed by atoms with Gasteiger partial charge in [-0.3, -0.25) is 9.69 Å². The highest BCUT2D eigenvalue weighted by atomic mass is 35.5. The molecule has 1 saturated heterocycles. The van der Waals surface area contributed by atoms with Gasteiger partial charge in [-0.2, -0.15) is 26.3 Å². The van der Waals surface area contributed by atoms with Crippen molar-refractivity contribution in [2.24, 2.45) is 0 Å². The van der Waals surface area contributed by atoms with Crippen LogP contribution in [0.4, 0.5) is 32.0 Å². The second-order valence-electron chi connectivity index (χ2n) is 11.5. The fourth-order valence-corrected chi connectivity index (χ4v) is 5.89. The van der Waals surface area contributed by atoms with Gasteiger partial charge < -0.3 is 9.80 Å². The van der Waals surface area contributed by atoms with E-state index in [1.54, 1.807) is 12.1 Å². The zero-order valence-corrected chi connectivity index (χ0v) is 26.1. The molecule has 1 aromatic heterocycles. The number of nitrogens with one attached hydrogen (secondary N) is 1. The van der Waals surface area contributed by atoms with E-state index in [1.165, 1.54) is 11.9 Å². The minimum atomic E-state index is -5.05. The maximum Gasteiger partial charge on any atom is 0.416 e. The summed E-state index contributed by atoms with van der Waals surface area (Å²) in [6.07, 6.45) is -8.95. The molecule has 8 nitrogen and oxygen atoms in total. The van der Waals surface area contributed by atoms with Crippen molar-refractivity contribution in [3.63, 3.8) is 0 Å². The van der Waals surface area contributed by atoms with E-state index < -0.39 is 35.0 Å². The van der Waals surface area contributed by atoms with E-state index in [1.807, 2.05) is 30.3 Å². The summed E-state index contributed by atoms with van der Waals surface area (Å²) < 4.78 is 80.6. The number of carbonyl (C=O) groups is 1. The molecule has 0 unspecified atom stereocenters. The Morgan fingerprint density at radius 1 is 0.936 bits per heavy atom. The molecule has 4 aromatic rings. The average Bonchev–Trinajstić information content (AvgIpc) is 3.56. The number of aromatic amines is 1. The van der Waals surface area contributed by atoms with Crippen molar-refractivity contribution in [3.05, 3.63) is 105 Å². The molecule has 1 aliphatic heterocycles. The molecule has 1 fully saturated rings. The van der Waals surface area contributed by atoms with Crippen LogP contribution < -0.4 is 4.90 Å². The molecule has 1 amide bonds. The highest BCUT2D eigenvalue weighted by Gasteiger charge is 2.38. The van der Waals surface area contributed by atoms with Crippen molar-refractivity contribution in [2.45, 2.75) is 31.1 Å². The summed E-state index contributed by atoms with van der Waals surface area (Å²) >= 11 is 6.10. The van der Waals surface area contributed by atoms with Gasteiger partial charge in [0.2, 0.25) is 0 Å². The van der Waals surface area contributed by atoms with E-state index in [2.05, 4.69) is 36.5 Å². The highest BCUT2D eigenvalue weighted by molar-refractivity contribution is 6.30. The summed E-state index contributed by atoms with van der Waals surface area (Å²) in [5, 5.41) is 14.6. The van der Waals surface area contributed by atoms with Crippen LogP contribution in [0, 0.1) is 0 Å². The van der Waals surface area contributed by atoms with Crippen LogP contribution in [0.3, 0.4) is 0 Å². The number of amides is 1. The summed E-state index contributed by atoms with van der Waals surface area (Å²) in [5.41, 5.74) is -0.696. The Hall–Kier alpha value is -4.17. The normalized spacial score (nSPS) is 15.1. The third kappa shape index (κ3) is 8.80. The Labute approximate surface area is 272 Å². The van der Waals surface area contributed by atoms with Gasteiger partial charge in [0.25, 0.3) is 5.91 Å². The average molecular weight is 680 g/mol. The zero-order valence-electron chi connectivity index (χ0n) is 25.3. The fourth-order valence-electron chi connectivity index (χ4n) is 5.76. The Morgan fingerprint density at radius 3 is 2.17 bits per heavy atom. The lowest BCUT2D eigenvalue weighted by atomic mass is 9.94. The van der Waals surface area contributed by atoms with E-state index in [-0.39, 0.29) is 18.5 Å². The van der Waals surface area contributed by atoms with Gasteiger partial charge in [0.1, 0.15) is 0 Å². The maximum absolute atomic E-state index is 13.4. The molecule has 2 heterocycles. The number of benzene rings is 3. The van der Waals surface area contributed by atoms with Gasteiger partial charge in [-0.15, -0.1) is 5.10 Å². The van der Waals surface area contributed by atoms with Crippen molar-refractivity contribution < 1.29 is 31.1 Å². The number of alkyl halides is 6. The number of carbonyl (C=O) groups excluding carboxylic acids is 1. The van der Waals surface area contributed by atoms with Crippen LogP contribution >= 0.6 is 11.6 Å². The SMILES string of the molecule is CN(C[C@@H](CCN1CCN(c2ccccc2Cc2nnn[nH]2)CC1)c1ccc(Cl)cc1)C(=O)c1cc(C(F)(F)F)cc(C(F)(F)F)c1. The lowest BCUT2D eigenvalue weighted by molar-refractivity contribution is -0.143. The lowest BCUT2D eigenvalue weighted by Crippen LogP contribution is -2.47. The molecule has 0 spiro atoms. The molecule has 5 rings (SSSR count). The molecule has 0 bridgehead atoms. The van der Waals surface area contributed by atoms with Crippen LogP contribution in [-0.4, -0.2) is 82.6 Å². The number of likely N-dealkylation sites (N-methyl/N-ethyl adjacent to an activating group) is 1. The zero-order chi connectivity index (χ0) is 33.8. The van der Waals surface area contributed by atoms with Gasteiger partial charge in [-0.25, -0.2) is 5.10 Å². The molecule has 250 valence electrons. The van der Waals surface area contributed by atoms with E-state index in [0.717, 1.165) is 43.0 Å². The number of hydrogen-bond acceptors (Lipinski definition) is 6. The lowest BCUT2D eigenvalue weighted by Gasteiger charge is -2.37. The number of anilines is 1. The Balaban J connectivity index is 1.26. The third-order valence-corrected chi connectivity index (χ3v) is 8.51. The van der Waals surface area contributed by atoms with Gasteiger partial charge in [0, 0.05) is 68.4 Å². The van der Waals surface area contributed by atoms with Gasteiger partial charge in [0.15, 0.2) is 5.82 Å². The van der Waals surface area contributed by atoms with Crippen LogP contribution in [0.15, 0.2) is 66.7 Å². The smallest absolute Gasteiger partial charge is 0.369 e. The monoisotopic (exact) mass is 679 g/mol. The first-order valence-corrected chi connectivity index (χ1v) is 15.2. The van der Waals surface area contributed by atoms with E-state index in [9.17, 15) is 31.1 Å². The van der Waals surface area contributed by atoms with Gasteiger partial charge in [-0.05, 0) is 70.9 Å². The van der Waals surface area contributed by atoms with Crippen molar-refractivity contribution in [1.82, 2.24) is 30.4 Å². The summed E-state index contributed by atoms with van der Waals surface area (Å²) in [6.45, 7) is 3.81. The van der Waals surface area contributed by atoms with Gasteiger partial charge in [-0.1, -0.05) is 41.9 Å². The molecule has 3 aromatic carbocycles. The number of halogens is 7. The van der Waals surface area contributed by atoms with Crippen LogP contribution in [-0.2, 0) is 18.8 Å². The predicted molar refractivity (Wildman–Crippen MR) is 164 cm³/mol. The van der Waals surface area contributed by atoms with Crippen molar-refractivity contribution in [3.8, 4) is 0 Å². The molecular weight excluding hydrogens is 648 g/mol. The molecule has 0 radical (unpaired) electrons. The molecule has 47 heavy (non-hydrogen) atoms. The molecule has 0 aliphatic carbocycles. The number of aromatic nitrogens is 4. The van der Waals surface area contributed by atoms with Crippen molar-refractivity contribution in [1.29, 1.82) is 0 Å². The first-order chi connectivity index (χ1) is 22.3. The number of hydrogen-bond donors (Lipinski definition) is 1. The van der Waals surface area contributed by atoms with E-state index >= 15 is 0 Å².